The van der Waals surface area contributed by atoms with Crippen molar-refractivity contribution in [2.45, 2.75) is 18.9 Å². The van der Waals surface area contributed by atoms with E-state index in [0.717, 1.165) is 54.0 Å². The molecule has 150 valence electrons. The zero-order valence-electron chi connectivity index (χ0n) is 16.5. The maximum absolute atomic E-state index is 12.7. The lowest BCUT2D eigenvalue weighted by molar-refractivity contribution is 0.0931. The van der Waals surface area contributed by atoms with Crippen LogP contribution in [-0.2, 0) is 0 Å². The summed E-state index contributed by atoms with van der Waals surface area (Å²) < 4.78 is 5.45. The number of amides is 1. The van der Waals surface area contributed by atoms with E-state index in [0.29, 0.717) is 5.56 Å². The molecule has 30 heavy (non-hydrogen) atoms. The van der Waals surface area contributed by atoms with Crippen molar-refractivity contribution in [3.8, 4) is 11.3 Å². The Morgan fingerprint density at radius 2 is 1.80 bits per heavy atom. The van der Waals surface area contributed by atoms with Crippen LogP contribution in [-0.4, -0.2) is 35.0 Å². The number of furan rings is 1. The van der Waals surface area contributed by atoms with Gasteiger partial charge in [-0.05, 0) is 49.2 Å². The molecule has 1 fully saturated rings. The van der Waals surface area contributed by atoms with E-state index in [-0.39, 0.29) is 11.9 Å². The van der Waals surface area contributed by atoms with Gasteiger partial charge in [0.1, 0.15) is 11.4 Å². The second-order valence-electron chi connectivity index (χ2n) is 7.49. The van der Waals surface area contributed by atoms with Crippen LogP contribution in [0.5, 0.6) is 0 Å². The van der Waals surface area contributed by atoms with Gasteiger partial charge in [-0.1, -0.05) is 18.2 Å². The van der Waals surface area contributed by atoms with Crippen molar-refractivity contribution < 1.29 is 9.21 Å². The Morgan fingerprint density at radius 1 is 0.967 bits per heavy atom. The zero-order chi connectivity index (χ0) is 20.3. The number of rotatable bonds is 4. The molecule has 0 unspecified atom stereocenters. The van der Waals surface area contributed by atoms with E-state index in [9.17, 15) is 4.79 Å². The van der Waals surface area contributed by atoms with Crippen molar-refractivity contribution in [1.82, 2.24) is 15.3 Å². The molecule has 0 radical (unpaired) electrons. The Balaban J connectivity index is 1.23. The highest BCUT2D eigenvalue weighted by molar-refractivity contribution is 5.96. The molecule has 1 N–H and O–H groups in total. The predicted molar refractivity (Wildman–Crippen MR) is 116 cm³/mol. The Bertz CT molecular complexity index is 1150. The van der Waals surface area contributed by atoms with Crippen LogP contribution in [0.15, 0.2) is 77.7 Å². The Labute approximate surface area is 174 Å². The fourth-order valence-corrected chi connectivity index (χ4v) is 3.97. The van der Waals surface area contributed by atoms with Gasteiger partial charge in [0.25, 0.3) is 5.91 Å². The molecular formula is C24H22N4O2. The third-order valence-electron chi connectivity index (χ3n) is 5.60. The van der Waals surface area contributed by atoms with Gasteiger partial charge in [0.05, 0.1) is 12.0 Å². The van der Waals surface area contributed by atoms with Crippen molar-refractivity contribution in [3.05, 3.63) is 78.8 Å². The second kappa shape index (κ2) is 7.99. The van der Waals surface area contributed by atoms with Crippen molar-refractivity contribution in [2.75, 3.05) is 18.0 Å². The molecule has 6 nitrogen and oxygen atoms in total. The molecule has 4 aromatic rings. The van der Waals surface area contributed by atoms with Gasteiger partial charge in [0, 0.05) is 48.0 Å². The zero-order valence-corrected chi connectivity index (χ0v) is 16.5. The maximum atomic E-state index is 12.7. The molecule has 1 amide bonds. The number of nitrogens with one attached hydrogen (secondary N) is 1. The van der Waals surface area contributed by atoms with Crippen LogP contribution < -0.4 is 10.2 Å². The molecule has 5 rings (SSSR count). The highest BCUT2D eigenvalue weighted by atomic mass is 16.3. The third kappa shape index (κ3) is 3.64. The van der Waals surface area contributed by atoms with Gasteiger partial charge < -0.3 is 14.6 Å². The molecule has 1 saturated heterocycles. The molecule has 0 saturated carbocycles. The first kappa shape index (κ1) is 18.4. The number of hydrogen-bond donors (Lipinski definition) is 1. The summed E-state index contributed by atoms with van der Waals surface area (Å²) in [5, 5.41) is 4.14. The van der Waals surface area contributed by atoms with Crippen molar-refractivity contribution >= 4 is 22.7 Å². The van der Waals surface area contributed by atoms with Crippen molar-refractivity contribution in [3.63, 3.8) is 0 Å². The standard InChI is InChI=1S/C24H22N4O2/c29-24(27-19-9-14-28(15-10-19)22-3-1-2-12-25-22)18-6-4-17(5-7-18)23-20-11-16-30-21(20)8-13-26-23/h1-8,11-13,16,19H,9-10,14-15H2,(H,27,29). The van der Waals surface area contributed by atoms with Gasteiger partial charge in [0.15, 0.2) is 0 Å². The van der Waals surface area contributed by atoms with Gasteiger partial charge in [-0.2, -0.15) is 0 Å². The molecule has 1 aromatic carbocycles. The third-order valence-corrected chi connectivity index (χ3v) is 5.60. The predicted octanol–water partition coefficient (Wildman–Crippen LogP) is 4.29. The van der Waals surface area contributed by atoms with Crippen LogP contribution in [0.2, 0.25) is 0 Å². The molecule has 4 heterocycles. The van der Waals surface area contributed by atoms with Crippen LogP contribution in [0, 0.1) is 0 Å². The molecule has 0 atom stereocenters. The monoisotopic (exact) mass is 398 g/mol. The average Bonchev–Trinajstić information content (AvgIpc) is 3.29. The van der Waals surface area contributed by atoms with E-state index in [4.69, 9.17) is 4.42 Å². The number of benzene rings is 1. The van der Waals surface area contributed by atoms with E-state index in [1.165, 1.54) is 0 Å². The summed E-state index contributed by atoms with van der Waals surface area (Å²) in [5.74, 6) is 0.964. The van der Waals surface area contributed by atoms with Crippen LogP contribution >= 0.6 is 0 Å². The summed E-state index contributed by atoms with van der Waals surface area (Å²) in [6.07, 6.45) is 7.03. The largest absolute Gasteiger partial charge is 0.464 e. The number of aromatic nitrogens is 2. The minimum absolute atomic E-state index is 0.0349. The first-order chi connectivity index (χ1) is 14.8. The normalized spacial score (nSPS) is 14.7. The quantitative estimate of drug-likeness (QED) is 0.555. The number of hydrogen-bond acceptors (Lipinski definition) is 5. The van der Waals surface area contributed by atoms with E-state index in [1.807, 2.05) is 60.8 Å². The molecule has 0 aliphatic carbocycles. The fraction of sp³-hybridized carbons (Fsp3) is 0.208. The summed E-state index contributed by atoms with van der Waals surface area (Å²) in [7, 11) is 0. The highest BCUT2D eigenvalue weighted by Crippen LogP contribution is 2.27. The first-order valence-corrected chi connectivity index (χ1v) is 10.2. The van der Waals surface area contributed by atoms with Gasteiger partial charge in [0.2, 0.25) is 0 Å². The molecule has 0 spiro atoms. The number of pyridine rings is 2. The van der Waals surface area contributed by atoms with Crippen LogP contribution in [0.4, 0.5) is 5.82 Å². The minimum Gasteiger partial charge on any atom is -0.464 e. The molecular weight excluding hydrogens is 376 g/mol. The lowest BCUT2D eigenvalue weighted by Gasteiger charge is -2.33. The van der Waals surface area contributed by atoms with E-state index in [1.54, 1.807) is 12.5 Å². The van der Waals surface area contributed by atoms with Crippen molar-refractivity contribution in [1.29, 1.82) is 0 Å². The van der Waals surface area contributed by atoms with E-state index in [2.05, 4.69) is 20.2 Å². The van der Waals surface area contributed by atoms with E-state index < -0.39 is 0 Å². The number of piperidine rings is 1. The lowest BCUT2D eigenvalue weighted by Crippen LogP contribution is -2.44. The minimum atomic E-state index is -0.0349. The molecule has 3 aromatic heterocycles. The summed E-state index contributed by atoms with van der Waals surface area (Å²) >= 11 is 0. The highest BCUT2D eigenvalue weighted by Gasteiger charge is 2.22. The fourth-order valence-electron chi connectivity index (χ4n) is 3.97. The Hall–Kier alpha value is -3.67. The van der Waals surface area contributed by atoms with Gasteiger partial charge >= 0.3 is 0 Å². The van der Waals surface area contributed by atoms with Crippen LogP contribution in [0.3, 0.4) is 0 Å². The SMILES string of the molecule is O=C(NC1CCN(c2ccccn2)CC1)c1ccc(-c2nccc3occc23)cc1. The molecule has 1 aliphatic rings. The smallest absolute Gasteiger partial charge is 0.251 e. The number of carbonyl (C=O) groups is 1. The van der Waals surface area contributed by atoms with Crippen LogP contribution in [0.25, 0.3) is 22.2 Å². The van der Waals surface area contributed by atoms with E-state index >= 15 is 0 Å². The molecule has 6 heteroatoms. The summed E-state index contributed by atoms with van der Waals surface area (Å²) in [6, 6.07) is 17.5. The number of carbonyl (C=O) groups excluding carboxylic acids is 1. The van der Waals surface area contributed by atoms with Crippen LogP contribution in [0.1, 0.15) is 23.2 Å². The Morgan fingerprint density at radius 3 is 2.57 bits per heavy atom. The topological polar surface area (TPSA) is 71.3 Å². The first-order valence-electron chi connectivity index (χ1n) is 10.2. The van der Waals surface area contributed by atoms with Crippen molar-refractivity contribution in [2.24, 2.45) is 0 Å². The second-order valence-corrected chi connectivity index (χ2v) is 7.49. The molecule has 1 aliphatic heterocycles. The summed E-state index contributed by atoms with van der Waals surface area (Å²) in [5.41, 5.74) is 3.28. The Kier molecular flexibility index (Phi) is 4.89. The number of fused-ring (bicyclic) bond motifs is 1. The lowest BCUT2D eigenvalue weighted by atomic mass is 10.0. The average molecular weight is 398 g/mol. The van der Waals surface area contributed by atoms with Gasteiger partial charge in [-0.15, -0.1) is 0 Å². The number of anilines is 1. The van der Waals surface area contributed by atoms with Gasteiger partial charge in [-0.3, -0.25) is 9.78 Å². The number of nitrogens with zero attached hydrogens (tertiary/aromatic N) is 3. The molecule has 0 bridgehead atoms. The van der Waals surface area contributed by atoms with Gasteiger partial charge in [-0.25, -0.2) is 4.98 Å². The summed E-state index contributed by atoms with van der Waals surface area (Å²) in [6.45, 7) is 1.78. The summed E-state index contributed by atoms with van der Waals surface area (Å²) in [4.78, 5) is 23.9. The maximum Gasteiger partial charge on any atom is 0.251 e.